The number of imidazole rings is 1. The molecule has 26 heavy (non-hydrogen) atoms. The third-order valence-corrected chi connectivity index (χ3v) is 3.67. The van der Waals surface area contributed by atoms with Crippen molar-refractivity contribution in [3.8, 4) is 0 Å². The maximum absolute atomic E-state index is 11.6. The number of rotatable bonds is 6. The lowest BCUT2D eigenvalue weighted by molar-refractivity contribution is -0.140. The zero-order valence-electron chi connectivity index (χ0n) is 14.0. The molecule has 1 N–H and O–H groups in total. The Kier molecular flexibility index (Phi) is 5.02. The standard InChI is InChI=1S/C18H16N4O4/c1-26-17(25)11-14-18(22-9-3-2-4-15(22)19-14)21-20-13-7-5-12(6-8-13)10-16(23)24/h2-9H,10-11H2,1H3,(H,23,24). The Hall–Kier alpha value is -3.55. The number of benzene rings is 1. The number of esters is 1. The predicted octanol–water partition coefficient (Wildman–Crippen LogP) is 3.09. The molecule has 0 saturated carbocycles. The number of carbonyl (C=O) groups excluding carboxylic acids is 1. The zero-order chi connectivity index (χ0) is 18.5. The first-order valence-electron chi connectivity index (χ1n) is 7.82. The van der Waals surface area contributed by atoms with Crippen LogP contribution < -0.4 is 0 Å². The number of nitrogens with zero attached hydrogens (tertiary/aromatic N) is 4. The molecule has 0 aliphatic heterocycles. The Bertz CT molecular complexity index is 977. The molecule has 132 valence electrons. The number of ether oxygens (including phenoxy) is 1. The molecule has 3 rings (SSSR count). The fourth-order valence-corrected chi connectivity index (χ4v) is 2.43. The summed E-state index contributed by atoms with van der Waals surface area (Å²) in [6, 6.07) is 12.2. The van der Waals surface area contributed by atoms with Gasteiger partial charge in [-0.1, -0.05) is 18.2 Å². The van der Waals surface area contributed by atoms with Gasteiger partial charge in [0.2, 0.25) is 0 Å². The fraction of sp³-hybridized carbons (Fsp3) is 0.167. The summed E-state index contributed by atoms with van der Waals surface area (Å²) in [5, 5.41) is 17.2. The molecule has 0 amide bonds. The molecule has 0 bridgehead atoms. The van der Waals surface area contributed by atoms with Crippen LogP contribution in [0.3, 0.4) is 0 Å². The van der Waals surface area contributed by atoms with Gasteiger partial charge in [-0.3, -0.25) is 14.0 Å². The molecule has 2 heterocycles. The smallest absolute Gasteiger partial charge is 0.311 e. The van der Waals surface area contributed by atoms with Crippen molar-refractivity contribution in [2.75, 3.05) is 7.11 Å². The molecule has 0 unspecified atom stereocenters. The minimum Gasteiger partial charge on any atom is -0.481 e. The van der Waals surface area contributed by atoms with Crippen LogP contribution in [0, 0.1) is 0 Å². The Morgan fingerprint density at radius 3 is 2.58 bits per heavy atom. The molecule has 2 aromatic heterocycles. The summed E-state index contributed by atoms with van der Waals surface area (Å²) in [4.78, 5) is 26.7. The van der Waals surface area contributed by atoms with E-state index in [0.29, 0.717) is 28.4 Å². The van der Waals surface area contributed by atoms with Gasteiger partial charge in [-0.2, -0.15) is 0 Å². The van der Waals surface area contributed by atoms with Gasteiger partial charge in [0, 0.05) is 6.20 Å². The van der Waals surface area contributed by atoms with E-state index in [1.165, 1.54) is 7.11 Å². The molecule has 0 saturated heterocycles. The molecule has 0 radical (unpaired) electrons. The highest BCUT2D eigenvalue weighted by Crippen LogP contribution is 2.25. The van der Waals surface area contributed by atoms with Crippen LogP contribution in [0.15, 0.2) is 58.9 Å². The lowest BCUT2D eigenvalue weighted by atomic mass is 10.1. The van der Waals surface area contributed by atoms with E-state index in [9.17, 15) is 9.59 Å². The van der Waals surface area contributed by atoms with Gasteiger partial charge in [-0.15, -0.1) is 10.2 Å². The number of carboxylic acid groups (broad SMARTS) is 1. The molecule has 0 spiro atoms. The molecule has 8 heteroatoms. The van der Waals surface area contributed by atoms with E-state index >= 15 is 0 Å². The number of hydrogen-bond donors (Lipinski definition) is 1. The van der Waals surface area contributed by atoms with Crippen molar-refractivity contribution in [1.82, 2.24) is 9.38 Å². The predicted molar refractivity (Wildman–Crippen MR) is 92.9 cm³/mol. The van der Waals surface area contributed by atoms with E-state index in [-0.39, 0.29) is 12.8 Å². The van der Waals surface area contributed by atoms with Crippen LogP contribution in [0.5, 0.6) is 0 Å². The molecule has 0 aliphatic carbocycles. The average molecular weight is 352 g/mol. The van der Waals surface area contributed by atoms with Crippen molar-refractivity contribution in [2.24, 2.45) is 10.2 Å². The average Bonchev–Trinajstić information content (AvgIpc) is 2.97. The quantitative estimate of drug-likeness (QED) is 0.542. The largest absolute Gasteiger partial charge is 0.481 e. The van der Waals surface area contributed by atoms with E-state index < -0.39 is 11.9 Å². The van der Waals surface area contributed by atoms with E-state index in [4.69, 9.17) is 9.84 Å². The van der Waals surface area contributed by atoms with E-state index in [1.54, 1.807) is 40.9 Å². The van der Waals surface area contributed by atoms with Gasteiger partial charge in [-0.05, 0) is 29.8 Å². The lowest BCUT2D eigenvalue weighted by Crippen LogP contribution is -2.04. The number of hydrogen-bond acceptors (Lipinski definition) is 6. The van der Waals surface area contributed by atoms with Gasteiger partial charge in [-0.25, -0.2) is 4.98 Å². The van der Waals surface area contributed by atoms with Crippen LogP contribution in [0.2, 0.25) is 0 Å². The molecular formula is C18H16N4O4. The van der Waals surface area contributed by atoms with E-state index in [0.717, 1.165) is 0 Å². The van der Waals surface area contributed by atoms with Gasteiger partial charge < -0.3 is 9.84 Å². The molecule has 8 nitrogen and oxygen atoms in total. The van der Waals surface area contributed by atoms with Crippen molar-refractivity contribution in [2.45, 2.75) is 12.8 Å². The van der Waals surface area contributed by atoms with Gasteiger partial charge >= 0.3 is 11.9 Å². The molecular weight excluding hydrogens is 336 g/mol. The zero-order valence-corrected chi connectivity index (χ0v) is 14.0. The van der Waals surface area contributed by atoms with Crippen molar-refractivity contribution in [1.29, 1.82) is 0 Å². The van der Waals surface area contributed by atoms with Gasteiger partial charge in [0.15, 0.2) is 5.82 Å². The third kappa shape index (κ3) is 3.92. The summed E-state index contributed by atoms with van der Waals surface area (Å²) in [6.45, 7) is 0. The number of carboxylic acids is 1. The number of aromatic nitrogens is 2. The van der Waals surface area contributed by atoms with Gasteiger partial charge in [0.1, 0.15) is 5.65 Å². The second-order valence-electron chi connectivity index (χ2n) is 5.50. The molecule has 0 atom stereocenters. The summed E-state index contributed by atoms with van der Waals surface area (Å²) < 4.78 is 6.44. The summed E-state index contributed by atoms with van der Waals surface area (Å²) in [7, 11) is 1.32. The molecule has 0 fully saturated rings. The van der Waals surface area contributed by atoms with Crippen LogP contribution in [0.1, 0.15) is 11.3 Å². The van der Waals surface area contributed by atoms with E-state index in [2.05, 4.69) is 15.2 Å². The highest BCUT2D eigenvalue weighted by Gasteiger charge is 2.15. The first-order chi connectivity index (χ1) is 12.6. The number of aliphatic carboxylic acids is 1. The maximum Gasteiger partial charge on any atom is 0.311 e. The second kappa shape index (κ2) is 7.56. The van der Waals surface area contributed by atoms with Crippen LogP contribution in [0.25, 0.3) is 5.65 Å². The minimum atomic E-state index is -0.891. The van der Waals surface area contributed by atoms with Crippen molar-refractivity contribution >= 4 is 29.1 Å². The number of carbonyl (C=O) groups is 2. The van der Waals surface area contributed by atoms with Crippen LogP contribution in [0.4, 0.5) is 11.5 Å². The first-order valence-corrected chi connectivity index (χ1v) is 7.82. The lowest BCUT2D eigenvalue weighted by Gasteiger charge is -1.99. The van der Waals surface area contributed by atoms with Crippen molar-refractivity contribution < 1.29 is 19.4 Å². The summed E-state index contributed by atoms with van der Waals surface area (Å²) >= 11 is 0. The van der Waals surface area contributed by atoms with Crippen molar-refractivity contribution in [3.63, 3.8) is 0 Å². The first kappa shape index (κ1) is 17.3. The number of pyridine rings is 1. The Morgan fingerprint density at radius 2 is 1.88 bits per heavy atom. The molecule has 3 aromatic rings. The Labute approximate surface area is 148 Å². The maximum atomic E-state index is 11.6. The Morgan fingerprint density at radius 1 is 1.12 bits per heavy atom. The van der Waals surface area contributed by atoms with Crippen molar-refractivity contribution in [3.05, 3.63) is 59.9 Å². The van der Waals surface area contributed by atoms with Crippen LogP contribution in [-0.4, -0.2) is 33.5 Å². The summed E-state index contributed by atoms with van der Waals surface area (Å²) in [5.74, 6) is -0.860. The van der Waals surface area contributed by atoms with Crippen LogP contribution in [-0.2, 0) is 27.2 Å². The summed E-state index contributed by atoms with van der Waals surface area (Å²) in [5.41, 5.74) is 2.36. The highest BCUT2D eigenvalue weighted by atomic mass is 16.5. The number of fused-ring (bicyclic) bond motifs is 1. The Balaban J connectivity index is 1.91. The topological polar surface area (TPSA) is 106 Å². The van der Waals surface area contributed by atoms with E-state index in [1.807, 2.05) is 12.1 Å². The van der Waals surface area contributed by atoms with Gasteiger partial charge in [0.25, 0.3) is 0 Å². The summed E-state index contributed by atoms with van der Waals surface area (Å²) in [6.07, 6.45) is 1.73. The molecule has 0 aliphatic rings. The second-order valence-corrected chi connectivity index (χ2v) is 5.50. The third-order valence-electron chi connectivity index (χ3n) is 3.67. The van der Waals surface area contributed by atoms with Gasteiger partial charge in [0.05, 0.1) is 31.3 Å². The minimum absolute atomic E-state index is 0.00984. The normalized spacial score (nSPS) is 11.1. The molecule has 1 aromatic carbocycles. The monoisotopic (exact) mass is 352 g/mol. The number of azo groups is 1. The SMILES string of the molecule is COC(=O)Cc1nc2ccccn2c1N=Nc1ccc(CC(=O)O)cc1. The fourth-order valence-electron chi connectivity index (χ4n) is 2.43. The van der Waals surface area contributed by atoms with Crippen LogP contribution >= 0.6 is 0 Å². The number of methoxy groups -OCH3 is 1. The highest BCUT2D eigenvalue weighted by molar-refractivity contribution is 5.74.